The Hall–Kier alpha value is -2.75. The maximum Gasteiger partial charge on any atom is 0.324 e. The third-order valence-corrected chi connectivity index (χ3v) is 5.81. The molecule has 2 amide bonds. The summed E-state index contributed by atoms with van der Waals surface area (Å²) in [5, 5.41) is 2.35. The summed E-state index contributed by atoms with van der Waals surface area (Å²) >= 11 is 5.83. The number of imide groups is 1. The van der Waals surface area contributed by atoms with E-state index in [-0.39, 0.29) is 16.3 Å². The Labute approximate surface area is 186 Å². The van der Waals surface area contributed by atoms with Crippen LogP contribution in [0.1, 0.15) is 19.4 Å². The number of hydrogen-bond donors (Lipinski definition) is 2. The van der Waals surface area contributed by atoms with Gasteiger partial charge in [-0.25, -0.2) is 8.42 Å². The highest BCUT2D eigenvalue weighted by Crippen LogP contribution is 2.17. The van der Waals surface area contributed by atoms with Crippen molar-refractivity contribution in [3.05, 3.63) is 65.2 Å². The fraction of sp³-hybridized carbons (Fsp3) is 0.286. The Bertz CT molecular complexity index is 1040. The zero-order valence-electron chi connectivity index (χ0n) is 17.0. The average molecular weight is 467 g/mol. The molecule has 0 aromatic heterocycles. The summed E-state index contributed by atoms with van der Waals surface area (Å²) in [5.74, 6) is -2.76. The number of sulfonamides is 1. The molecule has 0 unspecified atom stereocenters. The number of ether oxygens (including phenoxy) is 1. The van der Waals surface area contributed by atoms with Gasteiger partial charge in [-0.3, -0.25) is 19.7 Å². The Morgan fingerprint density at radius 3 is 2.29 bits per heavy atom. The largest absolute Gasteiger partial charge is 0.454 e. The molecule has 2 aromatic rings. The van der Waals surface area contributed by atoms with Crippen molar-refractivity contribution in [2.45, 2.75) is 31.2 Å². The van der Waals surface area contributed by atoms with Crippen molar-refractivity contribution in [1.82, 2.24) is 10.0 Å². The third kappa shape index (κ3) is 7.78. The second-order valence-corrected chi connectivity index (χ2v) is 9.19. The van der Waals surface area contributed by atoms with Gasteiger partial charge in [0.15, 0.2) is 6.61 Å². The SMILES string of the molecule is CC(C)[C@@H](NS(=O)(=O)c1cccc(Cl)c1)C(=O)OCC(=O)NC(=O)Cc1ccccc1. The fourth-order valence-corrected chi connectivity index (χ4v) is 4.20. The number of nitrogens with one attached hydrogen (secondary N) is 2. The van der Waals surface area contributed by atoms with Crippen LogP contribution in [0.4, 0.5) is 0 Å². The van der Waals surface area contributed by atoms with Crippen molar-refractivity contribution >= 4 is 39.4 Å². The van der Waals surface area contributed by atoms with Crippen LogP contribution in [0.15, 0.2) is 59.5 Å². The van der Waals surface area contributed by atoms with Crippen molar-refractivity contribution in [3.8, 4) is 0 Å². The average Bonchev–Trinajstić information content (AvgIpc) is 2.70. The molecule has 0 saturated carbocycles. The maximum absolute atomic E-state index is 12.6. The Morgan fingerprint density at radius 2 is 1.68 bits per heavy atom. The van der Waals surface area contributed by atoms with Crippen LogP contribution in [-0.2, 0) is 35.6 Å². The Morgan fingerprint density at radius 1 is 1.00 bits per heavy atom. The Balaban J connectivity index is 1.93. The van der Waals surface area contributed by atoms with E-state index in [1.807, 2.05) is 0 Å². The molecular weight excluding hydrogens is 444 g/mol. The molecule has 0 aliphatic carbocycles. The zero-order chi connectivity index (χ0) is 23.0. The van der Waals surface area contributed by atoms with Gasteiger partial charge in [-0.1, -0.05) is 61.8 Å². The minimum absolute atomic E-state index is 0.00538. The quantitative estimate of drug-likeness (QED) is 0.546. The second-order valence-electron chi connectivity index (χ2n) is 7.04. The van der Waals surface area contributed by atoms with E-state index in [4.69, 9.17) is 16.3 Å². The zero-order valence-corrected chi connectivity index (χ0v) is 18.6. The molecule has 1 atom stereocenters. The summed E-state index contributed by atoms with van der Waals surface area (Å²) in [6, 6.07) is 13.1. The van der Waals surface area contributed by atoms with E-state index >= 15 is 0 Å². The monoisotopic (exact) mass is 466 g/mol. The number of hydrogen-bond acceptors (Lipinski definition) is 6. The minimum atomic E-state index is -4.05. The van der Waals surface area contributed by atoms with Gasteiger partial charge in [0.05, 0.1) is 11.3 Å². The van der Waals surface area contributed by atoms with Crippen LogP contribution in [0, 0.1) is 5.92 Å². The standard InChI is InChI=1S/C21H23ClN2O6S/c1-14(2)20(24-31(28,29)17-10-6-9-16(22)12-17)21(27)30-13-19(26)23-18(25)11-15-7-4-3-5-8-15/h3-10,12,14,20,24H,11,13H2,1-2H3,(H,23,25,26)/t20-/m1/s1. The number of esters is 1. The highest BCUT2D eigenvalue weighted by atomic mass is 35.5. The third-order valence-electron chi connectivity index (χ3n) is 4.14. The lowest BCUT2D eigenvalue weighted by Crippen LogP contribution is -2.46. The van der Waals surface area contributed by atoms with Gasteiger partial charge in [0.2, 0.25) is 15.9 Å². The van der Waals surface area contributed by atoms with E-state index < -0.39 is 46.4 Å². The first kappa shape index (κ1) is 24.5. The molecule has 0 radical (unpaired) electrons. The highest BCUT2D eigenvalue weighted by Gasteiger charge is 2.30. The van der Waals surface area contributed by atoms with Gasteiger partial charge in [0.25, 0.3) is 5.91 Å². The van der Waals surface area contributed by atoms with E-state index in [1.165, 1.54) is 24.3 Å². The van der Waals surface area contributed by atoms with Crippen LogP contribution in [0.5, 0.6) is 0 Å². The first-order chi connectivity index (χ1) is 14.6. The molecule has 0 fully saturated rings. The number of amides is 2. The summed E-state index contributed by atoms with van der Waals surface area (Å²) in [5.41, 5.74) is 0.722. The number of rotatable bonds is 9. The highest BCUT2D eigenvalue weighted by molar-refractivity contribution is 7.89. The van der Waals surface area contributed by atoms with E-state index in [9.17, 15) is 22.8 Å². The molecule has 0 bridgehead atoms. The molecule has 166 valence electrons. The minimum Gasteiger partial charge on any atom is -0.454 e. The molecule has 2 rings (SSSR count). The lowest BCUT2D eigenvalue weighted by molar-refractivity contribution is -0.152. The van der Waals surface area contributed by atoms with Gasteiger partial charge in [0, 0.05) is 5.02 Å². The molecular formula is C21H23ClN2O6S. The molecule has 0 aliphatic rings. The summed E-state index contributed by atoms with van der Waals surface area (Å²) in [4.78, 5) is 36.1. The molecule has 2 N–H and O–H groups in total. The van der Waals surface area contributed by atoms with Crippen LogP contribution in [0.25, 0.3) is 0 Å². The summed E-state index contributed by atoms with van der Waals surface area (Å²) in [6.07, 6.45) is -0.00538. The predicted octanol–water partition coefficient (Wildman–Crippen LogP) is 2.07. The van der Waals surface area contributed by atoms with Gasteiger partial charge in [-0.15, -0.1) is 0 Å². The number of carbonyl (C=O) groups excluding carboxylic acids is 3. The van der Waals surface area contributed by atoms with Crippen LogP contribution >= 0.6 is 11.6 Å². The predicted molar refractivity (Wildman–Crippen MR) is 115 cm³/mol. The molecule has 31 heavy (non-hydrogen) atoms. The molecule has 0 aliphatic heterocycles. The van der Waals surface area contributed by atoms with Gasteiger partial charge in [0.1, 0.15) is 6.04 Å². The summed E-state index contributed by atoms with van der Waals surface area (Å²) < 4.78 is 32.3. The molecule has 0 spiro atoms. The summed E-state index contributed by atoms with van der Waals surface area (Å²) in [7, 11) is -4.05. The van der Waals surface area contributed by atoms with Gasteiger partial charge >= 0.3 is 5.97 Å². The lowest BCUT2D eigenvalue weighted by atomic mass is 10.1. The molecule has 2 aromatic carbocycles. The lowest BCUT2D eigenvalue weighted by Gasteiger charge is -2.20. The fourth-order valence-electron chi connectivity index (χ4n) is 2.57. The molecule has 0 heterocycles. The number of halogens is 1. The Kier molecular flexibility index (Phi) is 8.73. The van der Waals surface area contributed by atoms with Crippen molar-refractivity contribution in [2.75, 3.05) is 6.61 Å². The maximum atomic E-state index is 12.6. The normalized spacial score (nSPS) is 12.3. The number of benzene rings is 2. The van der Waals surface area contributed by atoms with Gasteiger partial charge < -0.3 is 4.74 Å². The van der Waals surface area contributed by atoms with Crippen molar-refractivity contribution in [1.29, 1.82) is 0 Å². The van der Waals surface area contributed by atoms with Gasteiger partial charge in [-0.05, 0) is 29.7 Å². The second kappa shape index (κ2) is 11.0. The van der Waals surface area contributed by atoms with Crippen LogP contribution < -0.4 is 10.0 Å². The molecule has 8 nitrogen and oxygen atoms in total. The van der Waals surface area contributed by atoms with Crippen molar-refractivity contribution in [2.24, 2.45) is 5.92 Å². The molecule has 0 saturated heterocycles. The van der Waals surface area contributed by atoms with Crippen molar-refractivity contribution < 1.29 is 27.5 Å². The number of carbonyl (C=O) groups is 3. The van der Waals surface area contributed by atoms with Crippen LogP contribution in [-0.4, -0.2) is 38.9 Å². The smallest absolute Gasteiger partial charge is 0.324 e. The van der Waals surface area contributed by atoms with Gasteiger partial charge in [-0.2, -0.15) is 4.72 Å². The van der Waals surface area contributed by atoms with Crippen LogP contribution in [0.3, 0.4) is 0 Å². The van der Waals surface area contributed by atoms with E-state index in [0.29, 0.717) is 0 Å². The first-order valence-electron chi connectivity index (χ1n) is 9.39. The molecule has 10 heteroatoms. The topological polar surface area (TPSA) is 119 Å². The first-order valence-corrected chi connectivity index (χ1v) is 11.3. The van der Waals surface area contributed by atoms with E-state index in [1.54, 1.807) is 44.2 Å². The van der Waals surface area contributed by atoms with Crippen molar-refractivity contribution in [3.63, 3.8) is 0 Å². The van der Waals surface area contributed by atoms with E-state index in [0.717, 1.165) is 5.56 Å². The van der Waals surface area contributed by atoms with E-state index in [2.05, 4.69) is 10.0 Å². The summed E-state index contributed by atoms with van der Waals surface area (Å²) in [6.45, 7) is 2.52. The van der Waals surface area contributed by atoms with Crippen LogP contribution in [0.2, 0.25) is 5.02 Å².